The first-order valence-electron chi connectivity index (χ1n) is 7.44. The first-order valence-corrected chi connectivity index (χ1v) is 7.44. The van der Waals surface area contributed by atoms with Crippen LogP contribution in [0.4, 0.5) is 0 Å². The highest BCUT2D eigenvalue weighted by atomic mass is 16.9. The van der Waals surface area contributed by atoms with Crippen LogP contribution in [0.5, 0.6) is 0 Å². The van der Waals surface area contributed by atoms with Crippen molar-refractivity contribution >= 4 is 0 Å². The second-order valence-electron chi connectivity index (χ2n) is 5.35. The Kier molecular flexibility index (Phi) is 5.07. The summed E-state index contributed by atoms with van der Waals surface area (Å²) in [6.45, 7) is 11.6. The third-order valence-corrected chi connectivity index (χ3v) is 3.97. The van der Waals surface area contributed by atoms with Crippen molar-refractivity contribution < 1.29 is 28.4 Å². The zero-order chi connectivity index (χ0) is 15.5. The molecule has 22 heavy (non-hydrogen) atoms. The van der Waals surface area contributed by atoms with E-state index < -0.39 is 6.48 Å². The van der Waals surface area contributed by atoms with Gasteiger partial charge in [0.15, 0.2) is 0 Å². The fourth-order valence-electron chi connectivity index (χ4n) is 3.17. The van der Waals surface area contributed by atoms with E-state index >= 15 is 0 Å². The van der Waals surface area contributed by atoms with E-state index in [2.05, 4.69) is 19.7 Å². The molecule has 4 fully saturated rings. The summed E-state index contributed by atoms with van der Waals surface area (Å²) in [6.07, 6.45) is 3.43. The second-order valence-corrected chi connectivity index (χ2v) is 5.35. The van der Waals surface area contributed by atoms with Crippen molar-refractivity contribution in [2.75, 3.05) is 19.8 Å². The van der Waals surface area contributed by atoms with Gasteiger partial charge in [-0.25, -0.2) is 0 Å². The highest BCUT2D eigenvalue weighted by Crippen LogP contribution is 2.43. The molecule has 3 heterocycles. The molecular weight excluding hydrogens is 288 g/mol. The Morgan fingerprint density at radius 3 is 1.23 bits per heavy atom. The van der Waals surface area contributed by atoms with Gasteiger partial charge in [-0.3, -0.25) is 0 Å². The van der Waals surface area contributed by atoms with Crippen LogP contribution in [-0.4, -0.2) is 62.9 Å². The predicted octanol–water partition coefficient (Wildman–Crippen LogP) is 1.18. The number of rotatable bonds is 9. The van der Waals surface area contributed by atoms with Crippen LogP contribution in [0.3, 0.4) is 0 Å². The maximum atomic E-state index is 5.85. The quantitative estimate of drug-likeness (QED) is 0.596. The van der Waals surface area contributed by atoms with Gasteiger partial charge in [0.1, 0.15) is 36.6 Å². The molecule has 3 aliphatic heterocycles. The smallest absolute Gasteiger partial charge is 0.272 e. The van der Waals surface area contributed by atoms with Crippen LogP contribution in [-0.2, 0) is 28.4 Å². The topological polar surface area (TPSA) is 55.4 Å². The Morgan fingerprint density at radius 1 is 0.636 bits per heavy atom. The van der Waals surface area contributed by atoms with Gasteiger partial charge in [-0.2, -0.15) is 0 Å². The van der Waals surface area contributed by atoms with E-state index in [0.717, 1.165) is 0 Å². The van der Waals surface area contributed by atoms with E-state index in [9.17, 15) is 0 Å². The van der Waals surface area contributed by atoms with Gasteiger partial charge in [-0.05, 0) is 0 Å². The van der Waals surface area contributed by atoms with Crippen LogP contribution in [0.2, 0.25) is 0 Å². The molecule has 6 nitrogen and oxygen atoms in total. The van der Waals surface area contributed by atoms with E-state index in [1.165, 1.54) is 0 Å². The highest BCUT2D eigenvalue weighted by molar-refractivity contribution is 5.08. The molecule has 0 aromatic heterocycles. The number of ether oxygens (including phenoxy) is 6. The number of hydrogen-bond acceptors (Lipinski definition) is 6. The first-order chi connectivity index (χ1) is 10.8. The van der Waals surface area contributed by atoms with Crippen molar-refractivity contribution in [3.05, 3.63) is 38.0 Å². The molecule has 0 atom stereocenters. The molecule has 1 aliphatic carbocycles. The summed E-state index contributed by atoms with van der Waals surface area (Å²) in [5.41, 5.74) is 0. The Labute approximate surface area is 130 Å². The molecule has 4 aliphatic rings. The SMILES string of the molecule is C=CCOC1C2OC3OC1C(OCC=C)C(O3)C2OCC=C. The Morgan fingerprint density at radius 2 is 0.955 bits per heavy atom. The van der Waals surface area contributed by atoms with Gasteiger partial charge in [0, 0.05) is 0 Å². The summed E-state index contributed by atoms with van der Waals surface area (Å²) < 4.78 is 34.8. The molecule has 0 amide bonds. The molecule has 3 saturated heterocycles. The van der Waals surface area contributed by atoms with E-state index in [1.54, 1.807) is 18.2 Å². The third-order valence-electron chi connectivity index (χ3n) is 3.97. The zero-order valence-corrected chi connectivity index (χ0v) is 12.5. The average molecular weight is 310 g/mol. The molecule has 6 heteroatoms. The zero-order valence-electron chi connectivity index (χ0n) is 12.5. The van der Waals surface area contributed by atoms with Crippen molar-refractivity contribution in [1.82, 2.24) is 0 Å². The molecule has 0 spiro atoms. The van der Waals surface area contributed by atoms with Crippen molar-refractivity contribution in [3.8, 4) is 0 Å². The molecule has 4 rings (SSSR count). The summed E-state index contributed by atoms with van der Waals surface area (Å²) in [5, 5.41) is 0. The minimum absolute atomic E-state index is 0.258. The number of hydrogen-bond donors (Lipinski definition) is 0. The molecule has 1 saturated carbocycles. The van der Waals surface area contributed by atoms with Gasteiger partial charge >= 0.3 is 0 Å². The van der Waals surface area contributed by atoms with Gasteiger partial charge < -0.3 is 28.4 Å². The summed E-state index contributed by atoms with van der Waals surface area (Å²) in [7, 11) is 0. The Hall–Kier alpha value is -1.02. The van der Waals surface area contributed by atoms with Crippen molar-refractivity contribution in [3.63, 3.8) is 0 Å². The monoisotopic (exact) mass is 310 g/mol. The molecule has 0 N–H and O–H groups in total. The fraction of sp³-hybridized carbons (Fsp3) is 0.625. The first kappa shape index (κ1) is 15.9. The van der Waals surface area contributed by atoms with Crippen molar-refractivity contribution in [1.29, 1.82) is 0 Å². The third kappa shape index (κ3) is 2.78. The molecule has 0 unspecified atom stereocenters. The van der Waals surface area contributed by atoms with Crippen LogP contribution >= 0.6 is 0 Å². The van der Waals surface area contributed by atoms with E-state index in [4.69, 9.17) is 28.4 Å². The lowest BCUT2D eigenvalue weighted by molar-refractivity contribution is -0.487. The summed E-state index contributed by atoms with van der Waals surface area (Å²) >= 11 is 0. The molecule has 0 aromatic rings. The maximum Gasteiger partial charge on any atom is 0.272 e. The normalized spacial score (nSPS) is 42.3. The van der Waals surface area contributed by atoms with Crippen LogP contribution < -0.4 is 0 Å². The standard InChI is InChI=1S/C16H22O6/c1-4-7-17-10-13-11(18-8-5-2)15-12(19-9-6-3)14(10)21-16(20-13)22-15/h4-6,10-16H,1-3,7-9H2. The lowest BCUT2D eigenvalue weighted by Crippen LogP contribution is -2.76. The van der Waals surface area contributed by atoms with Crippen LogP contribution in [0.15, 0.2) is 38.0 Å². The molecular formula is C16H22O6. The van der Waals surface area contributed by atoms with Gasteiger partial charge in [0.25, 0.3) is 6.48 Å². The van der Waals surface area contributed by atoms with Crippen molar-refractivity contribution in [2.24, 2.45) is 0 Å². The maximum absolute atomic E-state index is 5.85. The second kappa shape index (κ2) is 7.04. The minimum atomic E-state index is -0.684. The van der Waals surface area contributed by atoms with Gasteiger partial charge in [0.05, 0.1) is 19.8 Å². The van der Waals surface area contributed by atoms with Gasteiger partial charge in [-0.15, -0.1) is 19.7 Å². The highest BCUT2D eigenvalue weighted by Gasteiger charge is 2.63. The molecule has 0 aromatic carbocycles. The largest absolute Gasteiger partial charge is 0.369 e. The van der Waals surface area contributed by atoms with Crippen LogP contribution in [0, 0.1) is 0 Å². The van der Waals surface area contributed by atoms with Crippen molar-refractivity contribution in [2.45, 2.75) is 43.1 Å². The van der Waals surface area contributed by atoms with Crippen LogP contribution in [0.25, 0.3) is 0 Å². The molecule has 4 bridgehead atoms. The Balaban J connectivity index is 1.81. The molecule has 0 radical (unpaired) electrons. The molecule has 122 valence electrons. The lowest BCUT2D eigenvalue weighted by atomic mass is 9.82. The summed E-state index contributed by atoms with van der Waals surface area (Å²) in [5.74, 6) is 0. The Bertz CT molecular complexity index is 351. The minimum Gasteiger partial charge on any atom is -0.369 e. The van der Waals surface area contributed by atoms with Crippen LogP contribution in [0.1, 0.15) is 0 Å². The van der Waals surface area contributed by atoms with E-state index in [-0.39, 0.29) is 36.6 Å². The van der Waals surface area contributed by atoms with Gasteiger partial charge in [0.2, 0.25) is 0 Å². The lowest BCUT2D eigenvalue weighted by Gasteiger charge is -2.58. The van der Waals surface area contributed by atoms with E-state index in [1.807, 2.05) is 0 Å². The fourth-order valence-corrected chi connectivity index (χ4v) is 3.17. The predicted molar refractivity (Wildman–Crippen MR) is 78.2 cm³/mol. The van der Waals surface area contributed by atoms with E-state index in [0.29, 0.717) is 19.8 Å². The summed E-state index contributed by atoms with van der Waals surface area (Å²) in [4.78, 5) is 0. The average Bonchev–Trinajstić information content (AvgIpc) is 2.53. The van der Waals surface area contributed by atoms with Gasteiger partial charge in [-0.1, -0.05) is 18.2 Å². The summed E-state index contributed by atoms with van der Waals surface area (Å²) in [6, 6.07) is 0.